The van der Waals surface area contributed by atoms with Crippen molar-refractivity contribution in [2.75, 3.05) is 19.6 Å². The molecule has 134 valence electrons. The number of amides is 1. The maximum Gasteiger partial charge on any atom is 0.272 e. The summed E-state index contributed by atoms with van der Waals surface area (Å²) >= 11 is 0. The van der Waals surface area contributed by atoms with E-state index in [2.05, 4.69) is 20.4 Å². The highest BCUT2D eigenvalue weighted by Crippen LogP contribution is 2.25. The molecule has 1 atom stereocenters. The van der Waals surface area contributed by atoms with Crippen LogP contribution in [-0.4, -0.2) is 40.6 Å². The number of carbonyl (C=O) groups is 1. The molecule has 7 nitrogen and oxygen atoms in total. The zero-order valence-electron chi connectivity index (χ0n) is 14.3. The van der Waals surface area contributed by atoms with Gasteiger partial charge in [-0.3, -0.25) is 14.5 Å². The number of carbonyl (C=O) groups excluding carboxylic acids is 1. The molecule has 26 heavy (non-hydrogen) atoms. The van der Waals surface area contributed by atoms with Crippen molar-refractivity contribution in [2.45, 2.75) is 18.9 Å². The van der Waals surface area contributed by atoms with Crippen molar-refractivity contribution in [1.29, 1.82) is 0 Å². The van der Waals surface area contributed by atoms with E-state index in [1.54, 1.807) is 30.5 Å². The number of rotatable bonds is 5. The molecule has 2 aromatic heterocycles. The average molecular weight is 352 g/mol. The van der Waals surface area contributed by atoms with Crippen LogP contribution < -0.4 is 10.9 Å². The van der Waals surface area contributed by atoms with Gasteiger partial charge in [0.15, 0.2) is 5.69 Å². The fourth-order valence-corrected chi connectivity index (χ4v) is 3.50. The molecule has 2 N–H and O–H groups in total. The Hall–Kier alpha value is -2.93. The second-order valence-corrected chi connectivity index (χ2v) is 6.43. The number of hydrogen-bond donors (Lipinski definition) is 2. The predicted octanol–water partition coefficient (Wildman–Crippen LogP) is 2.08. The number of nitrogens with one attached hydrogen (secondary N) is 2. The molecule has 1 fully saturated rings. The van der Waals surface area contributed by atoms with Gasteiger partial charge in [-0.05, 0) is 44.1 Å². The van der Waals surface area contributed by atoms with E-state index < -0.39 is 0 Å². The van der Waals surface area contributed by atoms with E-state index in [0.717, 1.165) is 31.7 Å². The number of hydrogen-bond acceptors (Lipinski definition) is 5. The lowest BCUT2D eigenvalue weighted by Gasteiger charge is -2.25. The van der Waals surface area contributed by atoms with Gasteiger partial charge in [0.05, 0.1) is 17.7 Å². The number of aromatic amines is 1. The summed E-state index contributed by atoms with van der Waals surface area (Å²) in [5.74, 6) is 0.527. The molecule has 0 unspecified atom stereocenters. The van der Waals surface area contributed by atoms with Gasteiger partial charge in [-0.1, -0.05) is 18.2 Å². The average Bonchev–Trinajstić information content (AvgIpc) is 3.37. The molecular weight excluding hydrogens is 332 g/mol. The standard InChI is InChI=1S/C19H20N4O3/c24-18-14-7-2-1-6-13(14)17(21-22-18)19(25)20-12-15(16-8-5-11-26-16)23-9-3-4-10-23/h1-2,5-8,11,15H,3-4,9-10,12H2,(H,20,25)(H,22,24)/t15-/m1/s1. The quantitative estimate of drug-likeness (QED) is 0.734. The zero-order valence-corrected chi connectivity index (χ0v) is 14.3. The first-order chi connectivity index (χ1) is 12.7. The largest absolute Gasteiger partial charge is 0.468 e. The fraction of sp³-hybridized carbons (Fsp3) is 0.316. The van der Waals surface area contributed by atoms with Gasteiger partial charge in [0.2, 0.25) is 0 Å². The third kappa shape index (κ3) is 3.13. The summed E-state index contributed by atoms with van der Waals surface area (Å²) in [7, 11) is 0. The summed E-state index contributed by atoms with van der Waals surface area (Å²) in [5.41, 5.74) is -0.0810. The maximum atomic E-state index is 12.7. The van der Waals surface area contributed by atoms with E-state index >= 15 is 0 Å². The van der Waals surface area contributed by atoms with Crippen LogP contribution in [0.5, 0.6) is 0 Å². The molecule has 0 saturated carbocycles. The van der Waals surface area contributed by atoms with Gasteiger partial charge in [-0.25, -0.2) is 5.10 Å². The Morgan fingerprint density at radius 3 is 2.69 bits per heavy atom. The van der Waals surface area contributed by atoms with Gasteiger partial charge in [0.25, 0.3) is 11.5 Å². The van der Waals surface area contributed by atoms with Crippen molar-refractivity contribution in [1.82, 2.24) is 20.4 Å². The Balaban J connectivity index is 1.56. The van der Waals surface area contributed by atoms with Crippen LogP contribution in [0.1, 0.15) is 35.1 Å². The molecule has 0 spiro atoms. The van der Waals surface area contributed by atoms with Crippen molar-refractivity contribution in [2.24, 2.45) is 0 Å². The lowest BCUT2D eigenvalue weighted by Crippen LogP contribution is -2.37. The van der Waals surface area contributed by atoms with Gasteiger partial charge in [0, 0.05) is 11.9 Å². The summed E-state index contributed by atoms with van der Waals surface area (Å²) in [6.07, 6.45) is 3.95. The lowest BCUT2D eigenvalue weighted by atomic mass is 10.1. The predicted molar refractivity (Wildman–Crippen MR) is 97.0 cm³/mol. The molecule has 3 aromatic rings. The number of furan rings is 1. The molecule has 3 heterocycles. The highest BCUT2D eigenvalue weighted by atomic mass is 16.3. The first kappa shape index (κ1) is 16.5. The van der Waals surface area contributed by atoms with Gasteiger partial charge in [-0.15, -0.1) is 0 Å². The Morgan fingerprint density at radius 1 is 1.19 bits per heavy atom. The fourth-order valence-electron chi connectivity index (χ4n) is 3.50. The summed E-state index contributed by atoms with van der Waals surface area (Å²) in [4.78, 5) is 26.9. The lowest BCUT2D eigenvalue weighted by molar-refractivity contribution is 0.0929. The minimum Gasteiger partial charge on any atom is -0.468 e. The summed E-state index contributed by atoms with van der Waals surface area (Å²) in [5, 5.41) is 10.3. The Kier molecular flexibility index (Phi) is 4.53. The molecule has 1 saturated heterocycles. The highest BCUT2D eigenvalue weighted by molar-refractivity contribution is 6.04. The molecule has 4 rings (SSSR count). The van der Waals surface area contributed by atoms with Crippen LogP contribution in [0.15, 0.2) is 51.9 Å². The van der Waals surface area contributed by atoms with Crippen LogP contribution >= 0.6 is 0 Å². The maximum absolute atomic E-state index is 12.7. The highest BCUT2D eigenvalue weighted by Gasteiger charge is 2.26. The Bertz CT molecular complexity index is 958. The summed E-state index contributed by atoms with van der Waals surface area (Å²) in [6.45, 7) is 2.39. The van der Waals surface area contributed by atoms with Crippen LogP contribution in [0.2, 0.25) is 0 Å². The molecule has 1 aliphatic heterocycles. The van der Waals surface area contributed by atoms with Gasteiger partial charge >= 0.3 is 0 Å². The number of fused-ring (bicyclic) bond motifs is 1. The number of aromatic nitrogens is 2. The molecule has 1 amide bonds. The zero-order chi connectivity index (χ0) is 17.9. The van der Waals surface area contributed by atoms with Crippen molar-refractivity contribution < 1.29 is 9.21 Å². The minimum atomic E-state index is -0.312. The first-order valence-corrected chi connectivity index (χ1v) is 8.77. The van der Waals surface area contributed by atoms with Gasteiger partial charge in [0.1, 0.15) is 5.76 Å². The van der Waals surface area contributed by atoms with Crippen molar-refractivity contribution >= 4 is 16.7 Å². The van der Waals surface area contributed by atoms with E-state index in [0.29, 0.717) is 17.3 Å². The topological polar surface area (TPSA) is 91.2 Å². The molecule has 1 aliphatic rings. The van der Waals surface area contributed by atoms with Crippen LogP contribution in [0.25, 0.3) is 10.8 Å². The number of likely N-dealkylation sites (tertiary alicyclic amines) is 1. The monoisotopic (exact) mass is 352 g/mol. The molecule has 7 heteroatoms. The summed E-state index contributed by atoms with van der Waals surface area (Å²) < 4.78 is 5.58. The van der Waals surface area contributed by atoms with Crippen LogP contribution in [0.3, 0.4) is 0 Å². The molecule has 1 aromatic carbocycles. The van der Waals surface area contributed by atoms with E-state index in [1.807, 2.05) is 12.1 Å². The van der Waals surface area contributed by atoms with Crippen LogP contribution in [0.4, 0.5) is 0 Å². The third-order valence-corrected chi connectivity index (χ3v) is 4.82. The SMILES string of the molecule is O=C(NC[C@H](c1ccco1)N1CCCC1)c1n[nH]c(=O)c2ccccc12. The molecule has 0 radical (unpaired) electrons. The Labute approximate surface area is 150 Å². The van der Waals surface area contributed by atoms with E-state index in [-0.39, 0.29) is 23.2 Å². The van der Waals surface area contributed by atoms with E-state index in [4.69, 9.17) is 4.42 Å². The van der Waals surface area contributed by atoms with Gasteiger partial charge < -0.3 is 9.73 Å². The second-order valence-electron chi connectivity index (χ2n) is 6.43. The Morgan fingerprint density at radius 2 is 1.96 bits per heavy atom. The van der Waals surface area contributed by atoms with Crippen molar-refractivity contribution in [3.05, 3.63) is 64.5 Å². The number of benzene rings is 1. The minimum absolute atomic E-state index is 0.00882. The second kappa shape index (κ2) is 7.13. The number of nitrogens with zero attached hydrogens (tertiary/aromatic N) is 2. The van der Waals surface area contributed by atoms with Gasteiger partial charge in [-0.2, -0.15) is 5.10 Å². The normalized spacial score (nSPS) is 16.0. The van der Waals surface area contributed by atoms with E-state index in [1.165, 1.54) is 0 Å². The van der Waals surface area contributed by atoms with Crippen molar-refractivity contribution in [3.8, 4) is 0 Å². The van der Waals surface area contributed by atoms with Crippen molar-refractivity contribution in [3.63, 3.8) is 0 Å². The molecular formula is C19H20N4O3. The van der Waals surface area contributed by atoms with Crippen LogP contribution in [-0.2, 0) is 0 Å². The molecule has 0 aliphatic carbocycles. The smallest absolute Gasteiger partial charge is 0.272 e. The molecule has 0 bridgehead atoms. The van der Waals surface area contributed by atoms with E-state index in [9.17, 15) is 9.59 Å². The third-order valence-electron chi connectivity index (χ3n) is 4.82. The first-order valence-electron chi connectivity index (χ1n) is 8.77. The number of H-pyrrole nitrogens is 1. The summed E-state index contributed by atoms with van der Waals surface area (Å²) in [6, 6.07) is 10.8. The van der Waals surface area contributed by atoms with Crippen LogP contribution in [0, 0.1) is 0 Å².